The lowest BCUT2D eigenvalue weighted by Gasteiger charge is -2.51. The Morgan fingerprint density at radius 2 is 1.66 bits per heavy atom. The summed E-state index contributed by atoms with van der Waals surface area (Å²) in [5, 5.41) is 0. The van der Waals surface area contributed by atoms with Crippen molar-refractivity contribution in [1.29, 1.82) is 0 Å². The van der Waals surface area contributed by atoms with Gasteiger partial charge in [0.05, 0.1) is 19.3 Å². The molecule has 1 saturated carbocycles. The van der Waals surface area contributed by atoms with Crippen LogP contribution in [0.2, 0.25) is 19.6 Å². The van der Waals surface area contributed by atoms with E-state index in [0.717, 1.165) is 24.8 Å². The Morgan fingerprint density at radius 1 is 1.00 bits per heavy atom. The molecular weight excluding hydrogens is 433 g/mol. The molecule has 0 radical (unpaired) electrons. The molecule has 2 aliphatic rings. The lowest BCUT2D eigenvalue weighted by atomic mass is 9.65. The van der Waals surface area contributed by atoms with Crippen LogP contribution in [0.4, 0.5) is 13.2 Å². The first kappa shape index (κ1) is 23.5. The van der Waals surface area contributed by atoms with E-state index in [1.54, 1.807) is 25.7 Å². The molecular formula is C25H31F3O3Si. The number of ether oxygens (including phenoxy) is 2. The third-order valence-electron chi connectivity index (χ3n) is 6.36. The first-order valence-corrected chi connectivity index (χ1v) is 14.6. The molecule has 3 nitrogen and oxygen atoms in total. The normalized spacial score (nSPS) is 28.5. The molecule has 2 aromatic carbocycles. The number of benzene rings is 2. The lowest BCUT2D eigenvalue weighted by Crippen LogP contribution is -2.59. The van der Waals surface area contributed by atoms with Gasteiger partial charge in [0.15, 0.2) is 8.32 Å². The molecule has 174 valence electrons. The molecule has 2 aromatic rings. The standard InChI is InChI=1S/C25H31F3O3Si/c1-32(2,3)31-24(25(26,27)28)22-14-8-7-13-21(22)23(18-30-24)15-9-12-20(16-23)29-17-19-10-5-4-6-11-19/h4-8,10-11,13-14,20H,9,12,15-18H2,1-3H3. The van der Waals surface area contributed by atoms with Crippen LogP contribution in [-0.4, -0.2) is 27.2 Å². The minimum absolute atomic E-state index is 0.0286. The minimum Gasteiger partial charge on any atom is -0.380 e. The highest BCUT2D eigenvalue weighted by atomic mass is 28.4. The average Bonchev–Trinajstić information content (AvgIpc) is 2.74. The fourth-order valence-corrected chi connectivity index (χ4v) is 6.20. The van der Waals surface area contributed by atoms with E-state index in [2.05, 4.69) is 0 Å². The molecule has 0 saturated heterocycles. The SMILES string of the molecule is C[Si](C)(C)OC1(C(F)(F)F)OCC2(CCCC(OCc3ccccc3)C2)c2ccccc21. The van der Waals surface area contributed by atoms with Crippen LogP contribution in [0.5, 0.6) is 0 Å². The molecule has 3 atom stereocenters. The van der Waals surface area contributed by atoms with E-state index in [9.17, 15) is 13.2 Å². The monoisotopic (exact) mass is 464 g/mol. The highest BCUT2D eigenvalue weighted by Gasteiger charge is 2.65. The maximum atomic E-state index is 14.5. The summed E-state index contributed by atoms with van der Waals surface area (Å²) in [6.45, 7) is 5.73. The summed E-state index contributed by atoms with van der Waals surface area (Å²) in [5.41, 5.74) is 1.38. The lowest BCUT2D eigenvalue weighted by molar-refractivity contribution is -0.375. The third-order valence-corrected chi connectivity index (χ3v) is 7.26. The van der Waals surface area contributed by atoms with Crippen LogP contribution in [-0.2, 0) is 31.7 Å². The van der Waals surface area contributed by atoms with Crippen LogP contribution in [0.15, 0.2) is 54.6 Å². The summed E-state index contributed by atoms with van der Waals surface area (Å²) < 4.78 is 61.2. The van der Waals surface area contributed by atoms with E-state index in [1.165, 1.54) is 6.07 Å². The zero-order chi connectivity index (χ0) is 23.0. The fourth-order valence-electron chi connectivity index (χ4n) is 5.05. The molecule has 4 rings (SSSR count). The summed E-state index contributed by atoms with van der Waals surface area (Å²) in [5.74, 6) is -2.71. The van der Waals surface area contributed by atoms with Crippen molar-refractivity contribution in [3.8, 4) is 0 Å². The summed E-state index contributed by atoms with van der Waals surface area (Å²) in [6, 6.07) is 16.8. The molecule has 32 heavy (non-hydrogen) atoms. The van der Waals surface area contributed by atoms with E-state index in [4.69, 9.17) is 13.9 Å². The second-order valence-corrected chi connectivity index (χ2v) is 14.4. The molecule has 7 heteroatoms. The van der Waals surface area contributed by atoms with Crippen molar-refractivity contribution >= 4 is 8.32 Å². The maximum absolute atomic E-state index is 14.5. The van der Waals surface area contributed by atoms with Crippen molar-refractivity contribution in [3.05, 3.63) is 71.3 Å². The highest BCUT2D eigenvalue weighted by molar-refractivity contribution is 6.69. The number of rotatable bonds is 5. The van der Waals surface area contributed by atoms with E-state index >= 15 is 0 Å². The Labute approximate surface area is 189 Å². The van der Waals surface area contributed by atoms with E-state index in [-0.39, 0.29) is 18.3 Å². The number of hydrogen-bond donors (Lipinski definition) is 0. The van der Waals surface area contributed by atoms with Crippen molar-refractivity contribution in [2.75, 3.05) is 6.61 Å². The number of halogens is 3. The quantitative estimate of drug-likeness (QED) is 0.462. The Balaban J connectivity index is 1.65. The molecule has 1 aliphatic heterocycles. The van der Waals surface area contributed by atoms with Crippen LogP contribution in [0.3, 0.4) is 0 Å². The molecule has 1 heterocycles. The van der Waals surface area contributed by atoms with Crippen molar-refractivity contribution in [2.24, 2.45) is 0 Å². The molecule has 0 bridgehead atoms. The van der Waals surface area contributed by atoms with Gasteiger partial charge in [-0.25, -0.2) is 0 Å². The second-order valence-electron chi connectivity index (χ2n) is 9.96. The van der Waals surface area contributed by atoms with Crippen molar-refractivity contribution in [1.82, 2.24) is 0 Å². The predicted molar refractivity (Wildman–Crippen MR) is 120 cm³/mol. The number of hydrogen-bond acceptors (Lipinski definition) is 3. The average molecular weight is 465 g/mol. The Kier molecular flexibility index (Phi) is 6.31. The van der Waals surface area contributed by atoms with Crippen LogP contribution in [0, 0.1) is 0 Å². The third kappa shape index (κ3) is 4.53. The molecule has 0 N–H and O–H groups in total. The van der Waals surface area contributed by atoms with E-state index in [0.29, 0.717) is 18.6 Å². The van der Waals surface area contributed by atoms with Gasteiger partial charge in [-0.1, -0.05) is 54.6 Å². The van der Waals surface area contributed by atoms with E-state index < -0.39 is 25.7 Å². The smallest absolute Gasteiger partial charge is 0.380 e. The summed E-state index contributed by atoms with van der Waals surface area (Å²) in [4.78, 5) is 0. The van der Waals surface area contributed by atoms with Crippen LogP contribution in [0.25, 0.3) is 0 Å². The Bertz CT molecular complexity index is 928. The molecule has 1 fully saturated rings. The van der Waals surface area contributed by atoms with Gasteiger partial charge in [-0.15, -0.1) is 0 Å². The van der Waals surface area contributed by atoms with Gasteiger partial charge >= 0.3 is 6.18 Å². The topological polar surface area (TPSA) is 27.7 Å². The van der Waals surface area contributed by atoms with Gasteiger partial charge in [-0.05, 0) is 56.5 Å². The zero-order valence-corrected chi connectivity index (χ0v) is 19.9. The molecule has 3 unspecified atom stereocenters. The number of fused-ring (bicyclic) bond motifs is 2. The van der Waals surface area contributed by atoms with Crippen LogP contribution in [0.1, 0.15) is 42.4 Å². The van der Waals surface area contributed by atoms with Gasteiger partial charge in [-0.3, -0.25) is 0 Å². The zero-order valence-electron chi connectivity index (χ0n) is 18.9. The molecule has 1 spiro atoms. The van der Waals surface area contributed by atoms with E-state index in [1.807, 2.05) is 42.5 Å². The van der Waals surface area contributed by atoms with Crippen molar-refractivity contribution < 1.29 is 27.1 Å². The molecule has 0 amide bonds. The summed E-state index contributed by atoms with van der Waals surface area (Å²) >= 11 is 0. The fraction of sp³-hybridized carbons (Fsp3) is 0.520. The van der Waals surface area contributed by atoms with Crippen molar-refractivity contribution in [3.63, 3.8) is 0 Å². The van der Waals surface area contributed by atoms with Crippen molar-refractivity contribution in [2.45, 2.75) is 75.4 Å². The molecule has 1 aliphatic carbocycles. The first-order chi connectivity index (χ1) is 15.0. The first-order valence-electron chi connectivity index (χ1n) is 11.2. The van der Waals surface area contributed by atoms with Crippen LogP contribution >= 0.6 is 0 Å². The Hall–Kier alpha value is -1.67. The maximum Gasteiger partial charge on any atom is 0.447 e. The van der Waals surface area contributed by atoms with Gasteiger partial charge in [0.1, 0.15) is 0 Å². The van der Waals surface area contributed by atoms with Crippen LogP contribution < -0.4 is 0 Å². The number of alkyl halides is 3. The minimum atomic E-state index is -4.68. The van der Waals surface area contributed by atoms with Gasteiger partial charge in [0.2, 0.25) is 0 Å². The van der Waals surface area contributed by atoms with Gasteiger partial charge in [0.25, 0.3) is 5.79 Å². The largest absolute Gasteiger partial charge is 0.447 e. The Morgan fingerprint density at radius 3 is 2.31 bits per heavy atom. The summed E-state index contributed by atoms with van der Waals surface area (Å²) in [7, 11) is -2.59. The predicted octanol–water partition coefficient (Wildman–Crippen LogP) is 6.68. The highest BCUT2D eigenvalue weighted by Crippen LogP contribution is 2.55. The van der Waals surface area contributed by atoms with Gasteiger partial charge < -0.3 is 13.9 Å². The molecule has 0 aromatic heterocycles. The van der Waals surface area contributed by atoms with Gasteiger partial charge in [0, 0.05) is 11.0 Å². The van der Waals surface area contributed by atoms with Gasteiger partial charge in [-0.2, -0.15) is 13.2 Å². The second kappa shape index (κ2) is 8.59. The summed E-state index contributed by atoms with van der Waals surface area (Å²) in [6.07, 6.45) is -1.52.